The maximum absolute atomic E-state index is 14.3. The molecule has 0 saturated carbocycles. The fourth-order valence-electron chi connectivity index (χ4n) is 5.78. The van der Waals surface area contributed by atoms with E-state index in [-0.39, 0.29) is 29.6 Å². The molecule has 3 amide bonds. The Balaban J connectivity index is 1.57. The number of hydrogen-bond donors (Lipinski definition) is 2. The summed E-state index contributed by atoms with van der Waals surface area (Å²) < 4.78 is 0. The third-order valence-corrected chi connectivity index (χ3v) is 7.55. The molecule has 2 heterocycles. The van der Waals surface area contributed by atoms with Crippen molar-refractivity contribution in [2.45, 2.75) is 51.2 Å². The molecule has 5 rings (SSSR count). The number of likely N-dealkylation sites (N-methyl/N-ethyl adjacent to an activating group) is 1. The van der Waals surface area contributed by atoms with Gasteiger partial charge in [0, 0.05) is 25.8 Å². The molecular formula is C29H34N4O3. The molecular weight excluding hydrogens is 452 g/mol. The molecule has 1 aliphatic heterocycles. The average molecular weight is 487 g/mol. The van der Waals surface area contributed by atoms with E-state index in [1.54, 1.807) is 19.0 Å². The molecule has 3 aromatic rings. The van der Waals surface area contributed by atoms with Gasteiger partial charge in [-0.1, -0.05) is 44.2 Å². The van der Waals surface area contributed by atoms with Crippen molar-refractivity contribution in [3.05, 3.63) is 71.4 Å². The monoisotopic (exact) mass is 486 g/mol. The maximum Gasteiger partial charge on any atom is 0.249 e. The smallest absolute Gasteiger partial charge is 0.249 e. The molecule has 0 radical (unpaired) electrons. The van der Waals surface area contributed by atoms with E-state index in [0.717, 1.165) is 23.7 Å². The van der Waals surface area contributed by atoms with E-state index in [0.29, 0.717) is 12.0 Å². The lowest BCUT2D eigenvalue weighted by Gasteiger charge is -2.45. The van der Waals surface area contributed by atoms with Gasteiger partial charge < -0.3 is 20.1 Å². The number of hydrogen-bond acceptors (Lipinski definition) is 3. The largest absolute Gasteiger partial charge is 0.361 e. The first-order chi connectivity index (χ1) is 17.2. The molecule has 188 valence electrons. The molecule has 1 aliphatic carbocycles. The SMILES string of the molecule is CC(C)C[C@@H]1C(=O)N[C@H](C2Cc3ccccc3C2)C(=O)N1[C@@H](C(=O)N(C)C)c1ccc2[nH]ccc2c1. The highest BCUT2D eigenvalue weighted by Crippen LogP contribution is 2.36. The molecule has 1 fully saturated rings. The van der Waals surface area contributed by atoms with Gasteiger partial charge in [-0.25, -0.2) is 0 Å². The second-order valence-electron chi connectivity index (χ2n) is 10.8. The van der Waals surface area contributed by atoms with Crippen LogP contribution in [0.1, 0.15) is 43.0 Å². The number of amides is 3. The van der Waals surface area contributed by atoms with Gasteiger partial charge in [0.1, 0.15) is 18.1 Å². The second kappa shape index (κ2) is 9.45. The first-order valence-electron chi connectivity index (χ1n) is 12.7. The number of carbonyl (C=O) groups excluding carboxylic acids is 3. The van der Waals surface area contributed by atoms with Crippen LogP contribution in [0.4, 0.5) is 0 Å². The van der Waals surface area contributed by atoms with Crippen LogP contribution in [-0.2, 0) is 27.2 Å². The zero-order valence-electron chi connectivity index (χ0n) is 21.3. The Kier molecular flexibility index (Phi) is 6.33. The van der Waals surface area contributed by atoms with Crippen molar-refractivity contribution in [3.8, 4) is 0 Å². The minimum atomic E-state index is -0.882. The van der Waals surface area contributed by atoms with E-state index in [9.17, 15) is 14.4 Å². The van der Waals surface area contributed by atoms with Crippen molar-refractivity contribution in [1.29, 1.82) is 0 Å². The molecule has 7 nitrogen and oxygen atoms in total. The summed E-state index contributed by atoms with van der Waals surface area (Å²) >= 11 is 0. The van der Waals surface area contributed by atoms with Crippen molar-refractivity contribution in [3.63, 3.8) is 0 Å². The van der Waals surface area contributed by atoms with E-state index in [4.69, 9.17) is 0 Å². The van der Waals surface area contributed by atoms with Crippen LogP contribution in [0.2, 0.25) is 0 Å². The zero-order chi connectivity index (χ0) is 25.6. The van der Waals surface area contributed by atoms with Crippen molar-refractivity contribution >= 4 is 28.6 Å². The molecule has 0 spiro atoms. The summed E-state index contributed by atoms with van der Waals surface area (Å²) in [5, 5.41) is 4.03. The standard InChI is InChI=1S/C29H34N4O3/c1-17(2)13-24-27(34)31-25(22-14-18-7-5-6-8-19(18)15-22)28(35)33(24)26(29(36)32(3)4)21-9-10-23-20(16-21)11-12-30-23/h5-12,16-17,22,24-26,30H,13-15H2,1-4H3,(H,31,34)/t24-,25-,26-/m1/s1. The van der Waals surface area contributed by atoms with E-state index >= 15 is 0 Å². The van der Waals surface area contributed by atoms with Gasteiger partial charge in [0.25, 0.3) is 0 Å². The molecule has 2 aromatic carbocycles. The van der Waals surface area contributed by atoms with Crippen LogP contribution in [0.15, 0.2) is 54.7 Å². The van der Waals surface area contributed by atoms with Crippen LogP contribution in [-0.4, -0.2) is 58.7 Å². The lowest BCUT2D eigenvalue weighted by Crippen LogP contribution is -2.67. The van der Waals surface area contributed by atoms with Crippen LogP contribution >= 0.6 is 0 Å². The fraction of sp³-hybridized carbons (Fsp3) is 0.414. The van der Waals surface area contributed by atoms with Crippen molar-refractivity contribution < 1.29 is 14.4 Å². The van der Waals surface area contributed by atoms with Gasteiger partial charge in [-0.3, -0.25) is 14.4 Å². The number of nitrogens with one attached hydrogen (secondary N) is 2. The predicted molar refractivity (Wildman–Crippen MR) is 139 cm³/mol. The Morgan fingerprint density at radius 3 is 2.39 bits per heavy atom. The minimum absolute atomic E-state index is 0.0383. The molecule has 3 atom stereocenters. The highest BCUT2D eigenvalue weighted by molar-refractivity contribution is 6.00. The van der Waals surface area contributed by atoms with Gasteiger partial charge in [-0.2, -0.15) is 0 Å². The summed E-state index contributed by atoms with van der Waals surface area (Å²) in [7, 11) is 3.39. The molecule has 2 aliphatic rings. The highest BCUT2D eigenvalue weighted by Gasteiger charge is 2.49. The second-order valence-corrected chi connectivity index (χ2v) is 10.8. The van der Waals surface area contributed by atoms with Crippen LogP contribution in [0.5, 0.6) is 0 Å². The van der Waals surface area contributed by atoms with Gasteiger partial charge in [0.2, 0.25) is 17.7 Å². The van der Waals surface area contributed by atoms with Crippen LogP contribution in [0, 0.1) is 11.8 Å². The topological polar surface area (TPSA) is 85.5 Å². The maximum atomic E-state index is 14.3. The van der Waals surface area contributed by atoms with Crippen molar-refractivity contribution in [2.24, 2.45) is 11.8 Å². The first kappa shape index (κ1) is 24.1. The van der Waals surface area contributed by atoms with Gasteiger partial charge in [-0.15, -0.1) is 0 Å². The van der Waals surface area contributed by atoms with E-state index in [2.05, 4.69) is 22.4 Å². The minimum Gasteiger partial charge on any atom is -0.361 e. The Morgan fingerprint density at radius 2 is 1.75 bits per heavy atom. The Labute approximate surface area is 211 Å². The number of piperazine rings is 1. The summed E-state index contributed by atoms with van der Waals surface area (Å²) in [5.74, 6) is -0.430. The number of rotatable bonds is 6. The lowest BCUT2D eigenvalue weighted by molar-refractivity contribution is -0.159. The zero-order valence-corrected chi connectivity index (χ0v) is 21.3. The summed E-state index contributed by atoms with van der Waals surface area (Å²) in [6.07, 6.45) is 3.80. The van der Waals surface area contributed by atoms with Crippen molar-refractivity contribution in [2.75, 3.05) is 14.1 Å². The van der Waals surface area contributed by atoms with Crippen molar-refractivity contribution in [1.82, 2.24) is 20.1 Å². The molecule has 2 N–H and O–H groups in total. The third-order valence-electron chi connectivity index (χ3n) is 7.55. The summed E-state index contributed by atoms with van der Waals surface area (Å²) in [4.78, 5) is 47.9. The van der Waals surface area contributed by atoms with E-state index in [1.807, 2.05) is 56.4 Å². The van der Waals surface area contributed by atoms with Crippen LogP contribution < -0.4 is 5.32 Å². The van der Waals surface area contributed by atoms with Gasteiger partial charge in [-0.05, 0) is 71.4 Å². The van der Waals surface area contributed by atoms with Gasteiger partial charge in [0.05, 0.1) is 0 Å². The highest BCUT2D eigenvalue weighted by atomic mass is 16.2. The van der Waals surface area contributed by atoms with Gasteiger partial charge >= 0.3 is 0 Å². The van der Waals surface area contributed by atoms with E-state index in [1.165, 1.54) is 16.0 Å². The summed E-state index contributed by atoms with van der Waals surface area (Å²) in [6, 6.07) is 13.7. The average Bonchev–Trinajstić information content (AvgIpc) is 3.49. The molecule has 1 aromatic heterocycles. The first-order valence-corrected chi connectivity index (χ1v) is 12.7. The number of H-pyrrole nitrogens is 1. The number of carbonyl (C=O) groups is 3. The number of aromatic amines is 1. The summed E-state index contributed by atoms with van der Waals surface area (Å²) in [6.45, 7) is 4.06. The number of aromatic nitrogens is 1. The Hall–Kier alpha value is -3.61. The Morgan fingerprint density at radius 1 is 1.06 bits per heavy atom. The Bertz CT molecular complexity index is 1290. The third kappa shape index (κ3) is 4.27. The number of nitrogens with zero attached hydrogens (tertiary/aromatic N) is 2. The van der Waals surface area contributed by atoms with Gasteiger partial charge in [0.15, 0.2) is 0 Å². The molecule has 7 heteroatoms. The lowest BCUT2D eigenvalue weighted by atomic mass is 9.87. The number of benzene rings is 2. The molecule has 0 unspecified atom stereocenters. The fourth-order valence-corrected chi connectivity index (χ4v) is 5.78. The number of fused-ring (bicyclic) bond motifs is 2. The van der Waals surface area contributed by atoms with E-state index < -0.39 is 18.1 Å². The molecule has 0 bridgehead atoms. The normalized spacial score (nSPS) is 21.1. The summed E-state index contributed by atoms with van der Waals surface area (Å²) in [5.41, 5.74) is 4.11. The molecule has 1 saturated heterocycles. The quantitative estimate of drug-likeness (QED) is 0.560. The molecule has 36 heavy (non-hydrogen) atoms. The van der Waals surface area contributed by atoms with Crippen LogP contribution in [0.25, 0.3) is 10.9 Å². The van der Waals surface area contributed by atoms with Crippen LogP contribution in [0.3, 0.4) is 0 Å². The predicted octanol–water partition coefficient (Wildman–Crippen LogP) is 3.45.